The predicted molar refractivity (Wildman–Crippen MR) is 185 cm³/mol. The quantitative estimate of drug-likeness (QED) is 0.334. The Bertz CT molecular complexity index is 1450. The first-order chi connectivity index (χ1) is 25.1. The van der Waals surface area contributed by atoms with E-state index in [2.05, 4.69) is 20.4 Å². The Hall–Kier alpha value is -1.32. The Balaban J connectivity index is 1.10. The summed E-state index contributed by atoms with van der Waals surface area (Å²) in [5, 5.41) is 11.4. The molecule has 11 heterocycles. The fraction of sp³-hybridized carbons (Fsp3) is 0.900. The molecule has 1 N–H and O–H groups in total. The number of ether oxygens (including phenoxy) is 9. The van der Waals surface area contributed by atoms with Gasteiger partial charge in [-0.25, -0.2) is 0 Å². The molecule has 0 aromatic heterocycles. The van der Waals surface area contributed by atoms with Gasteiger partial charge in [0.15, 0.2) is 5.79 Å². The standard InChI is InChI=1S/C40H57NO11/c1-19-11-24-9-10-39-17-28(43)37(51-39)35-21(3)38(52-39)40-33(49-35)8-6-25(50-40)13-22(42)14-27-30(48-32(36(27)44-4)15-26-18-45-26)16-31-34(41-40)20(2)12-23(47-31)5-7-29(19)46-24/h20-21,23-33,35-38,43H,1,5-18H2,2-4H3/t20-,21-,23+,24+,25-,26+,27+,28-,29+,30+,31-,32-,33+,35?,36-,37+,38-,39+,40+/m1/s1. The van der Waals surface area contributed by atoms with Gasteiger partial charge in [0.05, 0.1) is 73.8 Å². The van der Waals surface area contributed by atoms with Crippen molar-refractivity contribution in [3.05, 3.63) is 12.2 Å². The van der Waals surface area contributed by atoms with Gasteiger partial charge in [-0.1, -0.05) is 20.4 Å². The zero-order valence-electron chi connectivity index (χ0n) is 30.9. The number of hydrogen-bond acceptors (Lipinski definition) is 12. The minimum atomic E-state index is -1.21. The highest BCUT2D eigenvalue weighted by Crippen LogP contribution is 2.55. The van der Waals surface area contributed by atoms with Crippen molar-refractivity contribution >= 4 is 11.5 Å². The zero-order valence-corrected chi connectivity index (χ0v) is 30.9. The third kappa shape index (κ3) is 5.92. The SMILES string of the molecule is C=C1C[C@@H]2CC[C@]34C[C@@H](O)[C@H](O3)C3O[C@H]5CC[C@@H]6CC(=O)C[C@@H]7[C@@H](OC)[C@@H](C[C@H]8CO8)O[C@H]7C[C@H]7O[C@@H](CC[C@@H]1O2)C[C@@H](C)C7=N[C@@]5(O6)[C@H](O4)[C@@H]3C. The molecule has 12 heteroatoms. The Morgan fingerprint density at radius 2 is 1.73 bits per heavy atom. The van der Waals surface area contributed by atoms with Gasteiger partial charge in [-0.15, -0.1) is 0 Å². The highest BCUT2D eigenvalue weighted by molar-refractivity contribution is 5.92. The summed E-state index contributed by atoms with van der Waals surface area (Å²) in [7, 11) is 1.73. The number of aliphatic hydroxyl groups excluding tert-OH is 1. The molecule has 2 spiro atoms. The summed E-state index contributed by atoms with van der Waals surface area (Å²) in [5.74, 6) is -1.11. The van der Waals surface area contributed by atoms with Crippen molar-refractivity contribution in [3.63, 3.8) is 0 Å². The molecule has 11 aliphatic heterocycles. The van der Waals surface area contributed by atoms with Gasteiger partial charge in [0, 0.05) is 63.2 Å². The fourth-order valence-electron chi connectivity index (χ4n) is 11.8. The van der Waals surface area contributed by atoms with Gasteiger partial charge >= 0.3 is 0 Å². The number of aliphatic imine (C=N–C) groups is 1. The van der Waals surface area contributed by atoms with Crippen molar-refractivity contribution in [2.45, 2.75) is 194 Å². The summed E-state index contributed by atoms with van der Waals surface area (Å²) in [4.78, 5) is 19.9. The number of nitrogens with zero attached hydrogens (tertiary/aromatic N) is 1. The number of epoxide rings is 1. The molecule has 8 saturated heterocycles. The Labute approximate surface area is 306 Å². The molecule has 52 heavy (non-hydrogen) atoms. The van der Waals surface area contributed by atoms with Crippen LogP contribution in [0.5, 0.6) is 0 Å². The molecule has 1 unspecified atom stereocenters. The molecule has 0 saturated carbocycles. The Morgan fingerprint density at radius 1 is 0.904 bits per heavy atom. The van der Waals surface area contributed by atoms with Gasteiger partial charge in [0.1, 0.15) is 24.1 Å². The number of ketones is 1. The van der Waals surface area contributed by atoms with E-state index in [1.807, 2.05) is 0 Å². The number of fused-ring (bicyclic) bond motifs is 8. The van der Waals surface area contributed by atoms with Crippen LogP contribution in [-0.4, -0.2) is 127 Å². The summed E-state index contributed by atoms with van der Waals surface area (Å²) in [5.41, 5.74) is 0.874. The van der Waals surface area contributed by atoms with Gasteiger partial charge in [-0.05, 0) is 56.4 Å². The van der Waals surface area contributed by atoms with Crippen LogP contribution in [0, 0.1) is 17.8 Å². The highest BCUT2D eigenvalue weighted by Gasteiger charge is 2.68. The van der Waals surface area contributed by atoms with Gasteiger partial charge in [0.2, 0.25) is 5.72 Å². The van der Waals surface area contributed by atoms with Crippen molar-refractivity contribution < 1.29 is 52.5 Å². The molecule has 12 nitrogen and oxygen atoms in total. The van der Waals surface area contributed by atoms with Crippen LogP contribution in [0.15, 0.2) is 17.1 Å². The number of hydrogen-bond donors (Lipinski definition) is 1. The second-order valence-corrected chi connectivity index (χ2v) is 17.9. The summed E-state index contributed by atoms with van der Waals surface area (Å²) < 4.78 is 60.8. The van der Waals surface area contributed by atoms with Crippen LogP contribution in [-0.2, 0) is 47.4 Å². The minimum Gasteiger partial charge on any atom is -0.390 e. The van der Waals surface area contributed by atoms with Crippen LogP contribution in [0.3, 0.4) is 0 Å². The maximum atomic E-state index is 14.1. The van der Waals surface area contributed by atoms with E-state index in [1.165, 1.54) is 0 Å². The summed E-state index contributed by atoms with van der Waals surface area (Å²) >= 11 is 0. The van der Waals surface area contributed by atoms with E-state index in [1.54, 1.807) is 7.11 Å². The van der Waals surface area contributed by atoms with Crippen LogP contribution in [0.2, 0.25) is 0 Å². The second-order valence-electron chi connectivity index (χ2n) is 17.9. The van der Waals surface area contributed by atoms with E-state index < -0.39 is 35.9 Å². The molecule has 288 valence electrons. The topological polar surface area (TPSA) is 136 Å². The number of rotatable bonds is 3. The predicted octanol–water partition coefficient (Wildman–Crippen LogP) is 3.97. The largest absolute Gasteiger partial charge is 0.390 e. The maximum Gasteiger partial charge on any atom is 0.212 e. The van der Waals surface area contributed by atoms with E-state index in [0.717, 1.165) is 56.4 Å². The monoisotopic (exact) mass is 727 g/mol. The highest BCUT2D eigenvalue weighted by atomic mass is 16.7. The first-order valence-electron chi connectivity index (χ1n) is 20.4. The average molecular weight is 728 g/mol. The Kier molecular flexibility index (Phi) is 8.87. The average Bonchev–Trinajstić information content (AvgIpc) is 3.67. The molecule has 0 amide bonds. The molecule has 11 bridgehead atoms. The van der Waals surface area contributed by atoms with E-state index in [0.29, 0.717) is 38.5 Å². The van der Waals surface area contributed by atoms with Crippen molar-refractivity contribution in [2.24, 2.45) is 22.7 Å². The fourth-order valence-corrected chi connectivity index (χ4v) is 11.8. The number of methoxy groups -OCH3 is 1. The Morgan fingerprint density at radius 3 is 2.56 bits per heavy atom. The third-order valence-corrected chi connectivity index (χ3v) is 14.4. The number of aliphatic hydroxyl groups is 1. The van der Waals surface area contributed by atoms with Crippen LogP contribution >= 0.6 is 0 Å². The van der Waals surface area contributed by atoms with Crippen molar-refractivity contribution in [1.82, 2.24) is 0 Å². The van der Waals surface area contributed by atoms with E-state index in [9.17, 15) is 9.90 Å². The van der Waals surface area contributed by atoms with Crippen molar-refractivity contribution in [3.8, 4) is 0 Å². The minimum absolute atomic E-state index is 0.00287. The summed E-state index contributed by atoms with van der Waals surface area (Å²) in [6.07, 6.45) is 4.48. The second kappa shape index (κ2) is 13.1. The summed E-state index contributed by atoms with van der Waals surface area (Å²) in [6.45, 7) is 9.55. The lowest BCUT2D eigenvalue weighted by Crippen LogP contribution is -2.69. The molecular weight excluding hydrogens is 670 g/mol. The van der Waals surface area contributed by atoms with E-state index in [4.69, 9.17) is 47.6 Å². The molecule has 0 aliphatic carbocycles. The smallest absolute Gasteiger partial charge is 0.212 e. The molecule has 11 rings (SSSR count). The van der Waals surface area contributed by atoms with Crippen LogP contribution in [0.1, 0.15) is 97.3 Å². The van der Waals surface area contributed by atoms with Gasteiger partial charge in [0.25, 0.3) is 0 Å². The molecule has 8 fully saturated rings. The molecule has 19 atom stereocenters. The van der Waals surface area contributed by atoms with Crippen LogP contribution < -0.4 is 0 Å². The maximum absolute atomic E-state index is 14.1. The molecule has 0 radical (unpaired) electrons. The van der Waals surface area contributed by atoms with Gasteiger partial charge in [-0.2, -0.15) is 0 Å². The lowest BCUT2D eigenvalue weighted by molar-refractivity contribution is -0.330. The first-order valence-corrected chi connectivity index (χ1v) is 20.4. The van der Waals surface area contributed by atoms with E-state index >= 15 is 0 Å². The van der Waals surface area contributed by atoms with Gasteiger partial charge < -0.3 is 47.7 Å². The lowest BCUT2D eigenvalue weighted by atomic mass is 9.75. The normalized spacial score (nSPS) is 55.5. The van der Waals surface area contributed by atoms with Crippen molar-refractivity contribution in [1.29, 1.82) is 0 Å². The first kappa shape index (κ1) is 35.1. The summed E-state index contributed by atoms with van der Waals surface area (Å²) in [6, 6.07) is 0. The van der Waals surface area contributed by atoms with Crippen LogP contribution in [0.4, 0.5) is 0 Å². The van der Waals surface area contributed by atoms with Crippen molar-refractivity contribution in [2.75, 3.05) is 13.7 Å². The van der Waals surface area contributed by atoms with Gasteiger partial charge in [-0.3, -0.25) is 9.79 Å². The molecular formula is C40H57NO11. The number of carbonyl (C=O) groups is 1. The van der Waals surface area contributed by atoms with Crippen LogP contribution in [0.25, 0.3) is 0 Å². The number of carbonyl (C=O) groups excluding carboxylic acids is 1. The lowest BCUT2D eigenvalue weighted by Gasteiger charge is -2.56. The third-order valence-electron chi connectivity index (χ3n) is 14.4. The number of Topliss-reactive ketones (excluding diaryl/α,β-unsaturated/α-hetero) is 1. The molecule has 11 aliphatic rings. The van der Waals surface area contributed by atoms with E-state index in [-0.39, 0.29) is 91.0 Å². The molecule has 0 aromatic rings. The molecule has 0 aromatic carbocycles. The zero-order chi connectivity index (χ0) is 35.5.